The van der Waals surface area contributed by atoms with Crippen molar-refractivity contribution in [2.45, 2.75) is 76.9 Å². The van der Waals surface area contributed by atoms with Crippen molar-refractivity contribution < 1.29 is 31.2 Å². The second kappa shape index (κ2) is 11.9. The summed E-state index contributed by atoms with van der Waals surface area (Å²) in [6.07, 6.45) is 0.0337. The Kier molecular flexibility index (Phi) is 9.04. The molecule has 0 radical (unpaired) electrons. The van der Waals surface area contributed by atoms with Gasteiger partial charge in [-0.2, -0.15) is 17.5 Å². The minimum atomic E-state index is -4.14. The average molecular weight is 597 g/mol. The number of amides is 2. The molecule has 1 aliphatic carbocycles. The number of halogens is 3. The number of alkyl halides is 3. The van der Waals surface area contributed by atoms with Gasteiger partial charge in [0.25, 0.3) is 11.8 Å². The molecular formula is C29H39F3N4O4S. The summed E-state index contributed by atoms with van der Waals surface area (Å²) in [4.78, 5) is 31.6. The highest BCUT2D eigenvalue weighted by molar-refractivity contribution is 7.92. The van der Waals surface area contributed by atoms with Gasteiger partial charge in [0, 0.05) is 50.5 Å². The number of hydrogen-bond donors (Lipinski definition) is 1. The maximum absolute atomic E-state index is 13.2. The molecule has 1 saturated heterocycles. The highest BCUT2D eigenvalue weighted by Gasteiger charge is 2.48. The molecule has 8 nitrogen and oxygen atoms in total. The number of carbonyl (C=O) groups excluding carboxylic acids is 2. The molecule has 4 rings (SSSR count). The van der Waals surface area contributed by atoms with Crippen molar-refractivity contribution in [3.8, 4) is 0 Å². The SMILES string of the molecule is Cc1cc(C(=O)N(C)C)cc(C)c1C=CS(=O)(=O)N1CCC2(CC1)N=C(C1CCC(CCC(F)(F)F)CC1)NC2=O. The molecule has 1 N–H and O–H groups in total. The van der Waals surface area contributed by atoms with Gasteiger partial charge in [0.15, 0.2) is 0 Å². The summed E-state index contributed by atoms with van der Waals surface area (Å²) in [5.41, 5.74) is 1.85. The van der Waals surface area contributed by atoms with Crippen molar-refractivity contribution in [1.82, 2.24) is 14.5 Å². The van der Waals surface area contributed by atoms with E-state index in [9.17, 15) is 31.2 Å². The summed E-state index contributed by atoms with van der Waals surface area (Å²) in [6, 6.07) is 3.49. The van der Waals surface area contributed by atoms with E-state index in [1.54, 1.807) is 32.3 Å². The zero-order valence-electron chi connectivity index (χ0n) is 24.1. The number of nitrogens with zero attached hydrogens (tertiary/aromatic N) is 3. The normalized spacial score (nSPS) is 23.6. The fraction of sp³-hybridized carbons (Fsp3) is 0.621. The lowest BCUT2D eigenvalue weighted by Gasteiger charge is -2.34. The largest absolute Gasteiger partial charge is 0.389 e. The van der Waals surface area contributed by atoms with Gasteiger partial charge in [0.1, 0.15) is 11.4 Å². The Bertz CT molecular complexity index is 1310. The monoisotopic (exact) mass is 596 g/mol. The summed E-state index contributed by atoms with van der Waals surface area (Å²) >= 11 is 0. The molecule has 3 aliphatic rings. The van der Waals surface area contributed by atoms with Gasteiger partial charge in [-0.15, -0.1) is 0 Å². The summed E-state index contributed by atoms with van der Waals surface area (Å²) < 4.78 is 65.4. The minimum absolute atomic E-state index is 0.0102. The van der Waals surface area contributed by atoms with E-state index in [1.165, 1.54) is 14.6 Å². The van der Waals surface area contributed by atoms with Crippen LogP contribution in [0.15, 0.2) is 22.5 Å². The fourth-order valence-electron chi connectivity index (χ4n) is 6.14. The van der Waals surface area contributed by atoms with Gasteiger partial charge in [0.2, 0.25) is 10.0 Å². The Morgan fingerprint density at radius 2 is 1.71 bits per heavy atom. The van der Waals surface area contributed by atoms with E-state index >= 15 is 0 Å². The summed E-state index contributed by atoms with van der Waals surface area (Å²) in [6.45, 7) is 3.96. The highest BCUT2D eigenvalue weighted by Crippen LogP contribution is 2.38. The summed E-state index contributed by atoms with van der Waals surface area (Å²) in [7, 11) is -0.408. The van der Waals surface area contributed by atoms with Crippen molar-refractivity contribution in [3.63, 3.8) is 0 Å². The first-order chi connectivity index (χ1) is 19.1. The first kappa shape index (κ1) is 31.2. The van der Waals surface area contributed by atoms with E-state index in [-0.39, 0.29) is 56.0 Å². The van der Waals surface area contributed by atoms with Gasteiger partial charge in [-0.1, -0.05) is 0 Å². The first-order valence-corrected chi connectivity index (χ1v) is 15.6. The second-order valence-electron chi connectivity index (χ2n) is 11.8. The number of aliphatic imine (C=N–C) groups is 1. The summed E-state index contributed by atoms with van der Waals surface area (Å²) in [5, 5.41) is 4.08. The van der Waals surface area contributed by atoms with Gasteiger partial charge in [0.05, 0.1) is 0 Å². The number of benzene rings is 1. The number of sulfonamides is 1. The highest BCUT2D eigenvalue weighted by atomic mass is 32.2. The topological polar surface area (TPSA) is 99.2 Å². The van der Waals surface area contributed by atoms with Crippen molar-refractivity contribution in [1.29, 1.82) is 0 Å². The van der Waals surface area contributed by atoms with Crippen LogP contribution in [0.2, 0.25) is 0 Å². The van der Waals surface area contributed by atoms with Crippen molar-refractivity contribution in [2.75, 3.05) is 27.2 Å². The molecule has 0 aromatic heterocycles. The van der Waals surface area contributed by atoms with Gasteiger partial charge in [-0.25, -0.2) is 8.42 Å². The van der Waals surface area contributed by atoms with E-state index in [0.717, 1.165) is 16.7 Å². The molecular weight excluding hydrogens is 557 g/mol. The third kappa shape index (κ3) is 7.20. The molecule has 1 spiro atoms. The lowest BCUT2D eigenvalue weighted by atomic mass is 9.79. The molecule has 1 aromatic carbocycles. The average Bonchev–Trinajstić information content (AvgIpc) is 3.21. The fourth-order valence-corrected chi connectivity index (χ4v) is 7.31. The predicted molar refractivity (Wildman–Crippen MR) is 152 cm³/mol. The van der Waals surface area contributed by atoms with Crippen LogP contribution in [0.5, 0.6) is 0 Å². The number of aryl methyl sites for hydroxylation is 2. The molecule has 0 atom stereocenters. The lowest BCUT2D eigenvalue weighted by molar-refractivity contribution is -0.138. The van der Waals surface area contributed by atoms with Crippen LogP contribution >= 0.6 is 0 Å². The van der Waals surface area contributed by atoms with Gasteiger partial charge in [-0.3, -0.25) is 14.6 Å². The Hall–Kier alpha value is -2.73. The van der Waals surface area contributed by atoms with Gasteiger partial charge < -0.3 is 10.2 Å². The lowest BCUT2D eigenvalue weighted by Crippen LogP contribution is -2.50. The number of piperidine rings is 1. The molecule has 41 heavy (non-hydrogen) atoms. The number of rotatable bonds is 7. The molecule has 12 heteroatoms. The van der Waals surface area contributed by atoms with Crippen molar-refractivity contribution >= 4 is 33.7 Å². The number of carbonyl (C=O) groups is 2. The Balaban J connectivity index is 1.37. The predicted octanol–water partition coefficient (Wildman–Crippen LogP) is 4.82. The van der Waals surface area contributed by atoms with Gasteiger partial charge >= 0.3 is 6.18 Å². The molecule has 0 bridgehead atoms. The zero-order chi connectivity index (χ0) is 30.2. The second-order valence-corrected chi connectivity index (χ2v) is 13.6. The number of nitrogens with one attached hydrogen (secondary N) is 1. The third-order valence-corrected chi connectivity index (χ3v) is 10.2. The van der Waals surface area contributed by atoms with Crippen molar-refractivity contribution in [3.05, 3.63) is 39.8 Å². The van der Waals surface area contributed by atoms with Crippen LogP contribution in [0.25, 0.3) is 6.08 Å². The molecule has 0 unspecified atom stereocenters. The Labute approximate surface area is 240 Å². The molecule has 226 valence electrons. The molecule has 2 fully saturated rings. The van der Waals surface area contributed by atoms with Crippen LogP contribution in [0.3, 0.4) is 0 Å². The summed E-state index contributed by atoms with van der Waals surface area (Å²) in [5.74, 6) is 0.292. The van der Waals surface area contributed by atoms with Crippen LogP contribution in [0.1, 0.15) is 78.4 Å². The smallest absolute Gasteiger partial charge is 0.345 e. The maximum atomic E-state index is 13.2. The van der Waals surface area contributed by atoms with Gasteiger partial charge in [-0.05, 0) is 99.6 Å². The quantitative estimate of drug-likeness (QED) is 0.488. The van der Waals surface area contributed by atoms with E-state index in [1.807, 2.05) is 13.8 Å². The third-order valence-electron chi connectivity index (χ3n) is 8.63. The van der Waals surface area contributed by atoms with Crippen LogP contribution in [-0.2, 0) is 14.8 Å². The van der Waals surface area contributed by atoms with Crippen LogP contribution in [-0.4, -0.2) is 74.2 Å². The minimum Gasteiger partial charge on any atom is -0.345 e. The van der Waals surface area contributed by atoms with Crippen molar-refractivity contribution in [2.24, 2.45) is 16.8 Å². The molecule has 1 aromatic rings. The van der Waals surface area contributed by atoms with Crippen LogP contribution in [0.4, 0.5) is 13.2 Å². The van der Waals surface area contributed by atoms with Crippen LogP contribution in [0, 0.1) is 25.7 Å². The molecule has 2 amide bonds. The van der Waals surface area contributed by atoms with Crippen LogP contribution < -0.4 is 5.32 Å². The molecule has 1 saturated carbocycles. The van der Waals surface area contributed by atoms with E-state index in [4.69, 9.17) is 4.99 Å². The van der Waals surface area contributed by atoms with E-state index in [2.05, 4.69) is 5.32 Å². The van der Waals surface area contributed by atoms with E-state index in [0.29, 0.717) is 37.1 Å². The number of amidine groups is 1. The Morgan fingerprint density at radius 1 is 1.12 bits per heavy atom. The molecule has 2 heterocycles. The standard InChI is InChI=1S/C29H39F3N4O4S/c1-19-17-23(26(37)35(3)4)18-20(2)24(19)10-16-41(39,40)36-14-12-28(13-15-36)27(38)33-25(34-28)22-7-5-21(6-8-22)9-11-29(30,31)32/h10,16-18,21-22H,5-9,11-15H2,1-4H3,(H,33,34,38). The van der Waals surface area contributed by atoms with E-state index < -0.39 is 28.2 Å². The number of hydrogen-bond acceptors (Lipinski definition) is 5. The zero-order valence-corrected chi connectivity index (χ0v) is 24.9. The first-order valence-electron chi connectivity index (χ1n) is 14.1. The molecule has 2 aliphatic heterocycles. The maximum Gasteiger partial charge on any atom is 0.389 e. The Morgan fingerprint density at radius 3 is 2.24 bits per heavy atom.